The fraction of sp³-hybridized carbons (Fsp3) is 0.750. The van der Waals surface area contributed by atoms with Crippen molar-refractivity contribution in [3.63, 3.8) is 0 Å². The van der Waals surface area contributed by atoms with Crippen molar-refractivity contribution in [2.24, 2.45) is 0 Å². The van der Waals surface area contributed by atoms with Gasteiger partial charge in [0.15, 0.2) is 0 Å². The summed E-state index contributed by atoms with van der Waals surface area (Å²) in [6.07, 6.45) is 4.51. The highest BCUT2D eigenvalue weighted by Crippen LogP contribution is 2.18. The highest BCUT2D eigenvalue weighted by atomic mass is 16.5. The summed E-state index contributed by atoms with van der Waals surface area (Å²) in [5, 5.41) is 3.29. The van der Waals surface area contributed by atoms with Crippen LogP contribution in [0.3, 0.4) is 0 Å². The van der Waals surface area contributed by atoms with Crippen molar-refractivity contribution in [2.45, 2.75) is 31.7 Å². The predicted octanol–water partition coefficient (Wildman–Crippen LogP) is 0.645. The molecule has 0 aliphatic carbocycles. The summed E-state index contributed by atoms with van der Waals surface area (Å²) in [6.45, 7) is 3.53. The fourth-order valence-electron chi connectivity index (χ4n) is 2.54. The van der Waals surface area contributed by atoms with Crippen molar-refractivity contribution in [1.29, 1.82) is 0 Å². The Hall–Kier alpha value is -1.63. The average Bonchev–Trinajstić information content (AvgIpc) is 2.93. The molecule has 1 atom stereocenters. The lowest BCUT2D eigenvalue weighted by Crippen LogP contribution is -2.31. The summed E-state index contributed by atoms with van der Waals surface area (Å²) < 4.78 is 5.44. The minimum atomic E-state index is 0.266. The number of anilines is 3. The zero-order valence-electron chi connectivity index (χ0n) is 11.0. The van der Waals surface area contributed by atoms with Gasteiger partial charge in [0.05, 0.1) is 12.6 Å². The van der Waals surface area contributed by atoms with Crippen molar-refractivity contribution in [2.75, 3.05) is 42.3 Å². The Kier molecular flexibility index (Phi) is 3.63. The number of ether oxygens (including phenoxy) is 1. The van der Waals surface area contributed by atoms with E-state index in [1.807, 2.05) is 0 Å². The molecule has 0 aromatic carbocycles. The number of aromatic nitrogens is 3. The van der Waals surface area contributed by atoms with E-state index in [4.69, 9.17) is 10.5 Å². The summed E-state index contributed by atoms with van der Waals surface area (Å²) in [7, 11) is 0. The minimum absolute atomic E-state index is 0.266. The molecule has 3 rings (SSSR count). The third-order valence-electron chi connectivity index (χ3n) is 3.52. The lowest BCUT2D eigenvalue weighted by molar-refractivity contribution is 0.0874. The van der Waals surface area contributed by atoms with E-state index in [-0.39, 0.29) is 12.0 Å². The number of rotatable bonds is 3. The van der Waals surface area contributed by atoms with Crippen molar-refractivity contribution >= 4 is 17.8 Å². The van der Waals surface area contributed by atoms with Crippen LogP contribution in [0.15, 0.2) is 0 Å². The summed E-state index contributed by atoms with van der Waals surface area (Å²) in [5.41, 5.74) is 5.77. The first-order valence-electron chi connectivity index (χ1n) is 6.92. The van der Waals surface area contributed by atoms with Gasteiger partial charge in [0, 0.05) is 19.7 Å². The lowest BCUT2D eigenvalue weighted by Gasteiger charge is -2.23. The van der Waals surface area contributed by atoms with Gasteiger partial charge < -0.3 is 20.7 Å². The van der Waals surface area contributed by atoms with Crippen LogP contribution < -0.4 is 16.0 Å². The third-order valence-corrected chi connectivity index (χ3v) is 3.52. The Balaban J connectivity index is 1.73. The lowest BCUT2D eigenvalue weighted by atomic mass is 10.1. The number of nitrogens with two attached hydrogens (primary N) is 1. The van der Waals surface area contributed by atoms with Crippen LogP contribution in [0.1, 0.15) is 25.7 Å². The van der Waals surface area contributed by atoms with Crippen molar-refractivity contribution in [3.8, 4) is 0 Å². The molecule has 1 unspecified atom stereocenters. The van der Waals surface area contributed by atoms with Crippen LogP contribution in [0, 0.1) is 0 Å². The van der Waals surface area contributed by atoms with Gasteiger partial charge in [0.1, 0.15) is 0 Å². The molecule has 7 nitrogen and oxygen atoms in total. The molecule has 3 N–H and O–H groups in total. The monoisotopic (exact) mass is 264 g/mol. The van der Waals surface area contributed by atoms with E-state index in [2.05, 4.69) is 25.2 Å². The zero-order valence-corrected chi connectivity index (χ0v) is 11.0. The van der Waals surface area contributed by atoms with Gasteiger partial charge in [0.25, 0.3) is 0 Å². The molecule has 1 aromatic heterocycles. The Bertz CT molecular complexity index is 428. The molecule has 2 aliphatic rings. The van der Waals surface area contributed by atoms with Gasteiger partial charge in [-0.25, -0.2) is 0 Å². The summed E-state index contributed by atoms with van der Waals surface area (Å²) >= 11 is 0. The molecular weight excluding hydrogens is 244 g/mol. The summed E-state index contributed by atoms with van der Waals surface area (Å²) in [6, 6.07) is 0.266. The third kappa shape index (κ3) is 3.04. The molecule has 0 bridgehead atoms. The zero-order chi connectivity index (χ0) is 13.1. The van der Waals surface area contributed by atoms with E-state index in [0.717, 1.165) is 32.5 Å². The van der Waals surface area contributed by atoms with Crippen molar-refractivity contribution in [3.05, 3.63) is 0 Å². The number of hydrogen-bond donors (Lipinski definition) is 2. The maximum Gasteiger partial charge on any atom is 0.231 e. The van der Waals surface area contributed by atoms with Crippen molar-refractivity contribution in [1.82, 2.24) is 15.0 Å². The maximum atomic E-state index is 5.77. The molecule has 3 heterocycles. The molecule has 104 valence electrons. The summed E-state index contributed by atoms with van der Waals surface area (Å²) in [4.78, 5) is 15.0. The standard InChI is InChI=1S/C12H20N6O/c13-10-15-11(14-9-4-3-7-19-8-9)17-12(16-10)18-5-1-2-6-18/h9H,1-8H2,(H3,13,14,15,16,17). The van der Waals surface area contributed by atoms with Gasteiger partial charge in [0.2, 0.25) is 17.8 Å². The Morgan fingerprint density at radius 1 is 1.16 bits per heavy atom. The molecule has 1 aromatic rings. The van der Waals surface area contributed by atoms with E-state index >= 15 is 0 Å². The van der Waals surface area contributed by atoms with E-state index in [9.17, 15) is 0 Å². The van der Waals surface area contributed by atoms with Crippen LogP contribution in [-0.2, 0) is 4.74 Å². The molecule has 0 radical (unpaired) electrons. The van der Waals surface area contributed by atoms with Crippen LogP contribution in [0.4, 0.5) is 17.8 Å². The largest absolute Gasteiger partial charge is 0.379 e. The Morgan fingerprint density at radius 3 is 2.74 bits per heavy atom. The molecule has 0 spiro atoms. The van der Waals surface area contributed by atoms with Crippen LogP contribution >= 0.6 is 0 Å². The van der Waals surface area contributed by atoms with Gasteiger partial charge in [-0.05, 0) is 25.7 Å². The van der Waals surface area contributed by atoms with Crippen molar-refractivity contribution < 1.29 is 4.74 Å². The maximum absolute atomic E-state index is 5.77. The van der Waals surface area contributed by atoms with Gasteiger partial charge in [-0.3, -0.25) is 0 Å². The highest BCUT2D eigenvalue weighted by Gasteiger charge is 2.19. The molecule has 0 amide bonds. The van der Waals surface area contributed by atoms with Gasteiger partial charge in [-0.15, -0.1) is 0 Å². The first-order chi connectivity index (χ1) is 9.31. The van der Waals surface area contributed by atoms with E-state index in [0.29, 0.717) is 18.5 Å². The van der Waals surface area contributed by atoms with E-state index in [1.165, 1.54) is 12.8 Å². The SMILES string of the molecule is Nc1nc(NC2CCCOC2)nc(N2CCCC2)n1. The van der Waals surface area contributed by atoms with Crippen LogP contribution in [0.5, 0.6) is 0 Å². The molecule has 2 fully saturated rings. The quantitative estimate of drug-likeness (QED) is 0.828. The number of nitrogens with zero attached hydrogens (tertiary/aromatic N) is 4. The van der Waals surface area contributed by atoms with E-state index < -0.39 is 0 Å². The van der Waals surface area contributed by atoms with Crippen LogP contribution in [0.2, 0.25) is 0 Å². The summed E-state index contributed by atoms with van der Waals surface area (Å²) in [5.74, 6) is 1.52. The topological polar surface area (TPSA) is 89.2 Å². The smallest absolute Gasteiger partial charge is 0.231 e. The fourth-order valence-corrected chi connectivity index (χ4v) is 2.54. The molecule has 2 aliphatic heterocycles. The van der Waals surface area contributed by atoms with E-state index in [1.54, 1.807) is 0 Å². The molecule has 7 heteroatoms. The number of nitrogens with one attached hydrogen (secondary N) is 1. The minimum Gasteiger partial charge on any atom is -0.379 e. The second-order valence-corrected chi connectivity index (χ2v) is 5.07. The number of nitrogen functional groups attached to an aromatic ring is 1. The molecule has 2 saturated heterocycles. The Morgan fingerprint density at radius 2 is 2.00 bits per heavy atom. The normalized spacial score (nSPS) is 23.6. The van der Waals surface area contributed by atoms with Gasteiger partial charge in [-0.1, -0.05) is 0 Å². The highest BCUT2D eigenvalue weighted by molar-refractivity contribution is 5.42. The van der Waals surface area contributed by atoms with Crippen LogP contribution in [-0.4, -0.2) is 47.3 Å². The number of hydrogen-bond acceptors (Lipinski definition) is 7. The second-order valence-electron chi connectivity index (χ2n) is 5.07. The first-order valence-corrected chi connectivity index (χ1v) is 6.92. The Labute approximate surface area is 112 Å². The molecule has 19 heavy (non-hydrogen) atoms. The molecule has 0 saturated carbocycles. The van der Waals surface area contributed by atoms with Gasteiger partial charge >= 0.3 is 0 Å². The first kappa shape index (κ1) is 12.4. The molecular formula is C12H20N6O. The van der Waals surface area contributed by atoms with Crippen LogP contribution in [0.25, 0.3) is 0 Å². The van der Waals surface area contributed by atoms with Gasteiger partial charge in [-0.2, -0.15) is 15.0 Å². The second kappa shape index (κ2) is 5.56. The predicted molar refractivity (Wildman–Crippen MR) is 73.2 cm³/mol. The average molecular weight is 264 g/mol.